The van der Waals surface area contributed by atoms with Gasteiger partial charge in [0, 0.05) is 17.1 Å². The van der Waals surface area contributed by atoms with Crippen LogP contribution in [0.5, 0.6) is 5.75 Å². The largest absolute Gasteiger partial charge is 0.492 e. The first-order valence-electron chi connectivity index (χ1n) is 8.66. The van der Waals surface area contributed by atoms with Crippen LogP contribution in [0.25, 0.3) is 22.2 Å². The molecule has 0 N–H and O–H groups in total. The molecule has 0 aliphatic heterocycles. The number of rotatable bonds is 5. The number of pyridine rings is 1. The number of benzene rings is 1. The van der Waals surface area contributed by atoms with Gasteiger partial charge >= 0.3 is 5.97 Å². The summed E-state index contributed by atoms with van der Waals surface area (Å²) in [6, 6.07) is 10.1. The first-order valence-corrected chi connectivity index (χ1v) is 9.04. The second-order valence-corrected chi connectivity index (χ2v) is 6.65. The van der Waals surface area contributed by atoms with Crippen LogP contribution in [0.3, 0.4) is 0 Å². The zero-order valence-corrected chi connectivity index (χ0v) is 16.4. The molecule has 4 rings (SSSR count). The smallest absolute Gasteiger partial charge is 0.357 e. The Kier molecular flexibility index (Phi) is 4.98. The zero-order chi connectivity index (χ0) is 20.5. The lowest BCUT2D eigenvalue weighted by atomic mass is 10.1. The normalized spacial score (nSPS) is 11.0. The summed E-state index contributed by atoms with van der Waals surface area (Å²) >= 11 is 6.00. The standard InChI is InChI=1S/C21H16ClFN2O4/c1-27-20-15(22)6-5-13(18(20)23)16-10-17-14(19(24-16)21(26)28-2)7-8-25(17)11-12-4-3-9-29-12/h3-10H,11H2,1-2H3. The molecule has 148 valence electrons. The fourth-order valence-corrected chi connectivity index (χ4v) is 3.43. The molecule has 6 nitrogen and oxygen atoms in total. The third-order valence-electron chi connectivity index (χ3n) is 4.58. The van der Waals surface area contributed by atoms with Gasteiger partial charge in [-0.2, -0.15) is 0 Å². The molecule has 0 saturated carbocycles. The van der Waals surface area contributed by atoms with Gasteiger partial charge in [0.2, 0.25) is 0 Å². The number of carbonyl (C=O) groups is 1. The van der Waals surface area contributed by atoms with Gasteiger partial charge in [-0.15, -0.1) is 0 Å². The molecule has 0 atom stereocenters. The Morgan fingerprint density at radius 1 is 1.28 bits per heavy atom. The SMILES string of the molecule is COC(=O)c1nc(-c2ccc(Cl)c(OC)c2F)cc2c1ccn2Cc1ccco1. The van der Waals surface area contributed by atoms with Crippen molar-refractivity contribution in [3.63, 3.8) is 0 Å². The monoisotopic (exact) mass is 414 g/mol. The van der Waals surface area contributed by atoms with E-state index in [9.17, 15) is 9.18 Å². The number of hydrogen-bond acceptors (Lipinski definition) is 5. The number of ether oxygens (including phenoxy) is 2. The highest BCUT2D eigenvalue weighted by molar-refractivity contribution is 6.32. The molecule has 1 aromatic carbocycles. The molecule has 0 bridgehead atoms. The second kappa shape index (κ2) is 7.60. The van der Waals surface area contributed by atoms with E-state index in [0.717, 1.165) is 5.76 Å². The molecule has 0 spiro atoms. The van der Waals surface area contributed by atoms with Crippen LogP contribution in [-0.4, -0.2) is 29.7 Å². The summed E-state index contributed by atoms with van der Waals surface area (Å²) in [4.78, 5) is 16.7. The molecule has 0 aliphatic rings. The summed E-state index contributed by atoms with van der Waals surface area (Å²) in [6.45, 7) is 0.437. The number of fused-ring (bicyclic) bond motifs is 1. The summed E-state index contributed by atoms with van der Waals surface area (Å²) in [7, 11) is 2.60. The third kappa shape index (κ3) is 3.34. The Hall–Kier alpha value is -3.32. The van der Waals surface area contributed by atoms with Gasteiger partial charge < -0.3 is 18.5 Å². The number of nitrogens with zero attached hydrogens (tertiary/aromatic N) is 2. The van der Waals surface area contributed by atoms with Gasteiger partial charge in [0.05, 0.1) is 43.3 Å². The Morgan fingerprint density at radius 2 is 2.10 bits per heavy atom. The van der Waals surface area contributed by atoms with Gasteiger partial charge in [-0.1, -0.05) is 11.6 Å². The summed E-state index contributed by atoms with van der Waals surface area (Å²) in [6.07, 6.45) is 3.40. The number of carbonyl (C=O) groups excluding carboxylic acids is 1. The molecule has 4 aromatic rings. The van der Waals surface area contributed by atoms with Crippen LogP contribution in [0.1, 0.15) is 16.2 Å². The van der Waals surface area contributed by atoms with Crippen molar-refractivity contribution in [2.45, 2.75) is 6.54 Å². The minimum atomic E-state index is -0.660. The van der Waals surface area contributed by atoms with Gasteiger partial charge in [-0.25, -0.2) is 14.2 Å². The first kappa shape index (κ1) is 19.0. The van der Waals surface area contributed by atoms with Crippen LogP contribution in [0.2, 0.25) is 5.02 Å². The van der Waals surface area contributed by atoms with Crippen LogP contribution in [0, 0.1) is 5.82 Å². The Labute approximate surface area is 170 Å². The van der Waals surface area contributed by atoms with Crippen LogP contribution in [-0.2, 0) is 11.3 Å². The Bertz CT molecular complexity index is 1200. The molecule has 29 heavy (non-hydrogen) atoms. The predicted octanol–water partition coefficient (Wildman–Crippen LogP) is 4.93. The second-order valence-electron chi connectivity index (χ2n) is 6.25. The lowest BCUT2D eigenvalue weighted by molar-refractivity contribution is 0.0596. The van der Waals surface area contributed by atoms with Gasteiger partial charge in [0.25, 0.3) is 0 Å². The average molecular weight is 415 g/mol. The van der Waals surface area contributed by atoms with E-state index in [2.05, 4.69) is 4.98 Å². The summed E-state index contributed by atoms with van der Waals surface area (Å²) in [5.41, 5.74) is 1.18. The van der Waals surface area contributed by atoms with Crippen molar-refractivity contribution < 1.29 is 23.1 Å². The number of hydrogen-bond donors (Lipinski definition) is 0. The summed E-state index contributed by atoms with van der Waals surface area (Å²) in [5.74, 6) is -0.628. The zero-order valence-electron chi connectivity index (χ0n) is 15.6. The van der Waals surface area contributed by atoms with Crippen molar-refractivity contribution in [1.82, 2.24) is 9.55 Å². The Morgan fingerprint density at radius 3 is 2.79 bits per heavy atom. The van der Waals surface area contributed by atoms with Crippen LogP contribution >= 0.6 is 11.6 Å². The van der Waals surface area contributed by atoms with E-state index < -0.39 is 11.8 Å². The van der Waals surface area contributed by atoms with Crippen molar-refractivity contribution in [3.8, 4) is 17.0 Å². The van der Waals surface area contributed by atoms with Crippen molar-refractivity contribution in [2.75, 3.05) is 14.2 Å². The molecule has 0 saturated heterocycles. The Balaban J connectivity index is 1.94. The highest BCUT2D eigenvalue weighted by Gasteiger charge is 2.21. The number of esters is 1. The quantitative estimate of drug-likeness (QED) is 0.433. The predicted molar refractivity (Wildman–Crippen MR) is 106 cm³/mol. The van der Waals surface area contributed by atoms with Crippen molar-refractivity contribution in [2.24, 2.45) is 0 Å². The minimum Gasteiger partial charge on any atom is -0.492 e. The highest BCUT2D eigenvalue weighted by Crippen LogP contribution is 2.35. The third-order valence-corrected chi connectivity index (χ3v) is 4.88. The highest BCUT2D eigenvalue weighted by atomic mass is 35.5. The summed E-state index contributed by atoms with van der Waals surface area (Å²) in [5, 5.41) is 0.734. The molecule has 0 radical (unpaired) electrons. The first-order chi connectivity index (χ1) is 14.0. The fourth-order valence-electron chi connectivity index (χ4n) is 3.20. The number of halogens is 2. The van der Waals surface area contributed by atoms with E-state index in [1.54, 1.807) is 24.5 Å². The summed E-state index contributed by atoms with van der Waals surface area (Å²) < 4.78 is 32.2. The maximum Gasteiger partial charge on any atom is 0.357 e. The molecule has 0 unspecified atom stereocenters. The van der Waals surface area contributed by atoms with E-state index in [1.165, 1.54) is 26.4 Å². The van der Waals surface area contributed by atoms with Gasteiger partial charge in [-0.05, 0) is 36.4 Å². The molecule has 3 aromatic heterocycles. The molecule has 3 heterocycles. The van der Waals surface area contributed by atoms with Crippen LogP contribution in [0.4, 0.5) is 4.39 Å². The number of aromatic nitrogens is 2. The minimum absolute atomic E-state index is 0.0864. The molecular formula is C21H16ClFN2O4. The average Bonchev–Trinajstić information content (AvgIpc) is 3.38. The van der Waals surface area contributed by atoms with E-state index in [1.807, 2.05) is 16.8 Å². The van der Waals surface area contributed by atoms with Gasteiger partial charge in [-0.3, -0.25) is 0 Å². The fraction of sp³-hybridized carbons (Fsp3) is 0.143. The van der Waals surface area contributed by atoms with Crippen molar-refractivity contribution >= 4 is 28.5 Å². The molecular weight excluding hydrogens is 399 g/mol. The van der Waals surface area contributed by atoms with Gasteiger partial charge in [0.15, 0.2) is 17.3 Å². The lowest BCUT2D eigenvalue weighted by Gasteiger charge is -2.11. The maximum absolute atomic E-state index is 15.0. The number of methoxy groups -OCH3 is 2. The maximum atomic E-state index is 15.0. The van der Waals surface area contributed by atoms with E-state index >= 15 is 0 Å². The van der Waals surface area contributed by atoms with Crippen molar-refractivity contribution in [3.05, 3.63) is 71.2 Å². The van der Waals surface area contributed by atoms with Gasteiger partial charge in [0.1, 0.15) is 5.76 Å². The number of furan rings is 1. The lowest BCUT2D eigenvalue weighted by Crippen LogP contribution is -2.07. The molecule has 8 heteroatoms. The molecule has 0 amide bonds. The van der Waals surface area contributed by atoms with Crippen LogP contribution in [0.15, 0.2) is 53.3 Å². The molecule has 0 aliphatic carbocycles. The van der Waals surface area contributed by atoms with Crippen LogP contribution < -0.4 is 4.74 Å². The van der Waals surface area contributed by atoms with E-state index in [4.69, 9.17) is 25.5 Å². The van der Waals surface area contributed by atoms with Crippen molar-refractivity contribution in [1.29, 1.82) is 0 Å². The van der Waals surface area contributed by atoms with E-state index in [-0.39, 0.29) is 27.7 Å². The van der Waals surface area contributed by atoms with E-state index in [0.29, 0.717) is 17.4 Å². The molecule has 0 fully saturated rings. The topological polar surface area (TPSA) is 66.5 Å².